The summed E-state index contributed by atoms with van der Waals surface area (Å²) in [6.45, 7) is 5.83. The van der Waals surface area contributed by atoms with Crippen LogP contribution in [0.3, 0.4) is 0 Å². The summed E-state index contributed by atoms with van der Waals surface area (Å²) in [6, 6.07) is 13.5. The number of rotatable bonds is 12. The van der Waals surface area contributed by atoms with Gasteiger partial charge in [0, 0.05) is 0 Å². The number of hydrogen-bond acceptors (Lipinski definition) is 12. The highest BCUT2D eigenvalue weighted by molar-refractivity contribution is 9.11. The van der Waals surface area contributed by atoms with Crippen molar-refractivity contribution in [3.63, 3.8) is 0 Å². The molecule has 6 rings (SSSR count). The first-order valence-electron chi connectivity index (χ1n) is 15.8. The van der Waals surface area contributed by atoms with E-state index < -0.39 is 18.0 Å². The number of aromatic nitrogens is 1. The Labute approximate surface area is 313 Å². The standard InChI is InChI=1S/C36H32Br2N2O10S/c1-5-45-28-15-22(8-10-25(28)47-17-30(41)44-4)32-31(35(43)46-6-2)19(3)39-36-40(32)34(42)29(51-36)14-21-11-23(37)33(24(38)12-21)48-16-20-7-9-26-27(13-20)50-18-49-26/h7-15,32H,5-6,16-18H2,1-4H3/b29-14-/t32-/m0/s1. The summed E-state index contributed by atoms with van der Waals surface area (Å²) in [4.78, 5) is 44.5. The van der Waals surface area contributed by atoms with E-state index in [1.807, 2.05) is 37.3 Å². The minimum Gasteiger partial charge on any atom is -0.490 e. The molecule has 0 N–H and O–H groups in total. The van der Waals surface area contributed by atoms with Crippen LogP contribution in [0.2, 0.25) is 0 Å². The number of benzene rings is 3. The van der Waals surface area contributed by atoms with E-state index >= 15 is 0 Å². The number of hydrogen-bond donors (Lipinski definition) is 0. The second kappa shape index (κ2) is 15.7. The Hall–Kier alpha value is -4.60. The lowest BCUT2D eigenvalue weighted by Crippen LogP contribution is -2.40. The van der Waals surface area contributed by atoms with Crippen LogP contribution in [0.4, 0.5) is 0 Å². The summed E-state index contributed by atoms with van der Waals surface area (Å²) >= 11 is 8.44. The number of nitrogens with zero attached hydrogens (tertiary/aromatic N) is 2. The maximum absolute atomic E-state index is 14.2. The average Bonchev–Trinajstić information content (AvgIpc) is 3.70. The van der Waals surface area contributed by atoms with Gasteiger partial charge < -0.3 is 33.2 Å². The molecule has 0 saturated heterocycles. The summed E-state index contributed by atoms with van der Waals surface area (Å²) < 4.78 is 41.8. The third-order valence-electron chi connectivity index (χ3n) is 7.81. The number of halogens is 2. The van der Waals surface area contributed by atoms with E-state index in [-0.39, 0.29) is 37.7 Å². The fourth-order valence-corrected chi connectivity index (χ4v) is 8.02. The van der Waals surface area contributed by atoms with Crippen LogP contribution in [0.25, 0.3) is 6.08 Å². The smallest absolute Gasteiger partial charge is 0.343 e. The van der Waals surface area contributed by atoms with E-state index in [4.69, 9.17) is 33.2 Å². The molecule has 0 unspecified atom stereocenters. The minimum absolute atomic E-state index is 0.136. The van der Waals surface area contributed by atoms with Crippen molar-refractivity contribution in [2.75, 3.05) is 33.7 Å². The molecule has 4 aromatic rings. The van der Waals surface area contributed by atoms with Crippen molar-refractivity contribution in [1.29, 1.82) is 0 Å². The molecule has 1 atom stereocenters. The van der Waals surface area contributed by atoms with Crippen molar-refractivity contribution in [3.05, 3.63) is 105 Å². The minimum atomic E-state index is -0.887. The Bertz CT molecular complexity index is 2210. The van der Waals surface area contributed by atoms with Crippen LogP contribution >= 0.6 is 43.2 Å². The number of allylic oxidation sites excluding steroid dienone is 1. The molecule has 0 fully saturated rings. The number of carbonyl (C=O) groups excluding carboxylic acids is 2. The first kappa shape index (κ1) is 36.2. The maximum atomic E-state index is 14.2. The summed E-state index contributed by atoms with van der Waals surface area (Å²) in [7, 11) is 1.27. The molecule has 0 aliphatic carbocycles. The second-order valence-electron chi connectivity index (χ2n) is 11.1. The number of thiazole rings is 1. The summed E-state index contributed by atoms with van der Waals surface area (Å²) in [6.07, 6.45) is 1.76. The van der Waals surface area contributed by atoms with E-state index in [1.165, 1.54) is 23.0 Å². The zero-order valence-corrected chi connectivity index (χ0v) is 31.9. The molecule has 0 bridgehead atoms. The van der Waals surface area contributed by atoms with Crippen molar-refractivity contribution >= 4 is 61.2 Å². The Morgan fingerprint density at radius 3 is 2.47 bits per heavy atom. The van der Waals surface area contributed by atoms with Gasteiger partial charge in [0.05, 0.1) is 51.1 Å². The van der Waals surface area contributed by atoms with Crippen molar-refractivity contribution in [2.24, 2.45) is 4.99 Å². The summed E-state index contributed by atoms with van der Waals surface area (Å²) in [5.74, 6) is 1.44. The van der Waals surface area contributed by atoms with Gasteiger partial charge in [-0.25, -0.2) is 14.6 Å². The number of esters is 2. The predicted molar refractivity (Wildman–Crippen MR) is 194 cm³/mol. The quantitative estimate of drug-likeness (QED) is 0.167. The normalized spacial score (nSPS) is 14.9. The number of ether oxygens (including phenoxy) is 7. The molecule has 0 spiro atoms. The van der Waals surface area contributed by atoms with Gasteiger partial charge in [0.15, 0.2) is 34.4 Å². The van der Waals surface area contributed by atoms with Crippen LogP contribution in [-0.2, 0) is 25.7 Å². The van der Waals surface area contributed by atoms with E-state index in [0.29, 0.717) is 64.9 Å². The van der Waals surface area contributed by atoms with Gasteiger partial charge in [0.2, 0.25) is 6.79 Å². The average molecular weight is 845 g/mol. The van der Waals surface area contributed by atoms with Crippen LogP contribution in [0, 0.1) is 0 Å². The molecule has 0 saturated carbocycles. The molecular formula is C36H32Br2N2O10S. The SMILES string of the molecule is CCOC(=O)C1=C(C)N=c2s/c(=C\c3cc(Br)c(OCc4ccc5c(c4)OCO5)c(Br)c3)c(=O)n2[C@H]1c1ccc(OCC(=O)OC)c(OCC)c1. The van der Waals surface area contributed by atoms with Crippen LogP contribution in [-0.4, -0.2) is 50.2 Å². The zero-order valence-electron chi connectivity index (χ0n) is 28.0. The summed E-state index contributed by atoms with van der Waals surface area (Å²) in [5.41, 5.74) is 2.48. The van der Waals surface area contributed by atoms with Crippen LogP contribution in [0.1, 0.15) is 43.5 Å². The maximum Gasteiger partial charge on any atom is 0.343 e. The van der Waals surface area contributed by atoms with Gasteiger partial charge in [-0.1, -0.05) is 23.5 Å². The van der Waals surface area contributed by atoms with Gasteiger partial charge in [-0.3, -0.25) is 9.36 Å². The lowest BCUT2D eigenvalue weighted by atomic mass is 9.95. The third kappa shape index (κ3) is 7.70. The first-order chi connectivity index (χ1) is 24.6. The second-order valence-corrected chi connectivity index (χ2v) is 13.8. The lowest BCUT2D eigenvalue weighted by Gasteiger charge is -2.25. The van der Waals surface area contributed by atoms with E-state index in [2.05, 4.69) is 36.9 Å². The molecule has 3 heterocycles. The van der Waals surface area contributed by atoms with Gasteiger partial charge >= 0.3 is 11.9 Å². The highest BCUT2D eigenvalue weighted by atomic mass is 79.9. The van der Waals surface area contributed by atoms with Crippen molar-refractivity contribution in [1.82, 2.24) is 4.57 Å². The monoisotopic (exact) mass is 842 g/mol. The molecule has 3 aromatic carbocycles. The first-order valence-corrected chi connectivity index (χ1v) is 18.2. The number of fused-ring (bicyclic) bond motifs is 2. The fraction of sp³-hybridized carbons (Fsp3) is 0.278. The lowest BCUT2D eigenvalue weighted by molar-refractivity contribution is -0.143. The Morgan fingerprint density at radius 1 is 0.980 bits per heavy atom. The highest BCUT2D eigenvalue weighted by Crippen LogP contribution is 2.38. The topological polar surface area (TPSA) is 133 Å². The number of carbonyl (C=O) groups is 2. The largest absolute Gasteiger partial charge is 0.490 e. The van der Waals surface area contributed by atoms with E-state index in [0.717, 1.165) is 11.1 Å². The Kier molecular flexibility index (Phi) is 11.2. The molecule has 15 heteroatoms. The predicted octanol–water partition coefficient (Wildman–Crippen LogP) is 5.58. The highest BCUT2D eigenvalue weighted by Gasteiger charge is 2.34. The Balaban J connectivity index is 1.37. The van der Waals surface area contributed by atoms with Crippen LogP contribution in [0.15, 0.2) is 78.5 Å². The Morgan fingerprint density at radius 2 is 1.75 bits per heavy atom. The van der Waals surface area contributed by atoms with Crippen molar-refractivity contribution < 1.29 is 42.7 Å². The molecule has 2 aliphatic rings. The van der Waals surface area contributed by atoms with E-state index in [1.54, 1.807) is 38.1 Å². The number of methoxy groups -OCH3 is 1. The molecule has 2 aliphatic heterocycles. The van der Waals surface area contributed by atoms with Crippen molar-refractivity contribution in [2.45, 2.75) is 33.4 Å². The van der Waals surface area contributed by atoms with Crippen LogP contribution < -0.4 is 38.6 Å². The molecule has 12 nitrogen and oxygen atoms in total. The zero-order chi connectivity index (χ0) is 36.2. The molecule has 0 radical (unpaired) electrons. The van der Waals surface area contributed by atoms with Gasteiger partial charge in [-0.15, -0.1) is 0 Å². The van der Waals surface area contributed by atoms with Gasteiger partial charge in [0.25, 0.3) is 5.56 Å². The van der Waals surface area contributed by atoms with Gasteiger partial charge in [-0.05, 0) is 112 Å². The molecule has 266 valence electrons. The molecule has 0 amide bonds. The molecule has 51 heavy (non-hydrogen) atoms. The van der Waals surface area contributed by atoms with E-state index in [9.17, 15) is 14.4 Å². The van der Waals surface area contributed by atoms with Crippen molar-refractivity contribution in [3.8, 4) is 28.7 Å². The molecular weight excluding hydrogens is 812 g/mol. The summed E-state index contributed by atoms with van der Waals surface area (Å²) in [5, 5.41) is 0. The van der Waals surface area contributed by atoms with Gasteiger partial charge in [-0.2, -0.15) is 0 Å². The fourth-order valence-electron chi connectivity index (χ4n) is 5.52. The van der Waals surface area contributed by atoms with Gasteiger partial charge in [0.1, 0.15) is 12.4 Å². The van der Waals surface area contributed by atoms with Crippen LogP contribution in [0.5, 0.6) is 28.7 Å². The molecule has 1 aromatic heterocycles. The third-order valence-corrected chi connectivity index (χ3v) is 9.97.